The third-order valence-electron chi connectivity index (χ3n) is 6.28. The van der Waals surface area contributed by atoms with Crippen LogP contribution in [-0.2, 0) is 14.3 Å². The van der Waals surface area contributed by atoms with Crippen LogP contribution in [0.5, 0.6) is 0 Å². The van der Waals surface area contributed by atoms with Gasteiger partial charge >= 0.3 is 5.97 Å². The molecule has 4 atom stereocenters. The van der Waals surface area contributed by atoms with Crippen molar-refractivity contribution in [2.45, 2.75) is 110 Å². The molecule has 0 heterocycles. The van der Waals surface area contributed by atoms with Gasteiger partial charge < -0.3 is 14.9 Å². The molecule has 5 nitrogen and oxygen atoms in total. The second-order valence-corrected chi connectivity index (χ2v) is 8.69. The largest absolute Gasteiger partial charge is 0.462 e. The Labute approximate surface area is 176 Å². The fraction of sp³-hybridized carbons (Fsp3) is 0.833. The van der Waals surface area contributed by atoms with Gasteiger partial charge in [-0.15, -0.1) is 0 Å². The lowest BCUT2D eigenvalue weighted by atomic mass is 9.87. The molecule has 0 radical (unpaired) electrons. The van der Waals surface area contributed by atoms with Crippen LogP contribution in [0.2, 0.25) is 0 Å². The molecule has 0 aromatic rings. The SMILES string of the molecule is CCCCCCC=C[C@H]1CCC[C@@H]1CCCCC(O)C(O)(COC(C)=O)C(C)=O. The first kappa shape index (κ1) is 25.8. The van der Waals surface area contributed by atoms with Gasteiger partial charge in [-0.1, -0.05) is 57.6 Å². The average Bonchev–Trinajstić information content (AvgIpc) is 3.12. The molecule has 1 fully saturated rings. The van der Waals surface area contributed by atoms with Crippen molar-refractivity contribution in [3.8, 4) is 0 Å². The summed E-state index contributed by atoms with van der Waals surface area (Å²) in [5, 5.41) is 20.8. The number of unbranched alkanes of at least 4 members (excludes halogenated alkanes) is 5. The van der Waals surface area contributed by atoms with E-state index in [4.69, 9.17) is 4.74 Å². The number of aliphatic hydroxyl groups excluding tert-OH is 1. The van der Waals surface area contributed by atoms with E-state index in [2.05, 4.69) is 19.1 Å². The smallest absolute Gasteiger partial charge is 0.302 e. The van der Waals surface area contributed by atoms with E-state index in [1.54, 1.807) is 0 Å². The third-order valence-corrected chi connectivity index (χ3v) is 6.28. The molecule has 0 amide bonds. The monoisotopic (exact) mass is 410 g/mol. The summed E-state index contributed by atoms with van der Waals surface area (Å²) in [5.41, 5.74) is -2.01. The topological polar surface area (TPSA) is 83.8 Å². The van der Waals surface area contributed by atoms with Crippen molar-refractivity contribution in [3.05, 3.63) is 12.2 Å². The molecular formula is C24H42O5. The van der Waals surface area contributed by atoms with Crippen LogP contribution in [0.1, 0.15) is 97.8 Å². The highest BCUT2D eigenvalue weighted by Gasteiger charge is 2.41. The van der Waals surface area contributed by atoms with Gasteiger partial charge in [-0.05, 0) is 57.3 Å². The maximum atomic E-state index is 11.8. The summed E-state index contributed by atoms with van der Waals surface area (Å²) in [6.07, 6.45) is 16.9. The molecule has 2 unspecified atom stereocenters. The van der Waals surface area contributed by atoms with Gasteiger partial charge in [0.25, 0.3) is 0 Å². The quantitative estimate of drug-likeness (QED) is 0.232. The highest BCUT2D eigenvalue weighted by atomic mass is 16.5. The molecular weight excluding hydrogens is 368 g/mol. The van der Waals surface area contributed by atoms with Gasteiger partial charge in [-0.2, -0.15) is 0 Å². The van der Waals surface area contributed by atoms with Crippen molar-refractivity contribution in [3.63, 3.8) is 0 Å². The van der Waals surface area contributed by atoms with Gasteiger partial charge in [0, 0.05) is 6.92 Å². The zero-order valence-corrected chi connectivity index (χ0v) is 18.7. The summed E-state index contributed by atoms with van der Waals surface area (Å²) in [4.78, 5) is 22.8. The first-order valence-electron chi connectivity index (χ1n) is 11.5. The number of esters is 1. The lowest BCUT2D eigenvalue weighted by Gasteiger charge is -2.30. The average molecular weight is 411 g/mol. The molecule has 0 aromatic heterocycles. The minimum absolute atomic E-state index is 0.321. The molecule has 1 aliphatic carbocycles. The molecule has 0 saturated heterocycles. The Morgan fingerprint density at radius 1 is 1.14 bits per heavy atom. The highest BCUT2D eigenvalue weighted by molar-refractivity contribution is 5.85. The van der Waals surface area contributed by atoms with Gasteiger partial charge in [-0.25, -0.2) is 0 Å². The molecule has 2 N–H and O–H groups in total. The van der Waals surface area contributed by atoms with Crippen molar-refractivity contribution >= 4 is 11.8 Å². The molecule has 1 saturated carbocycles. The number of ketones is 1. The van der Waals surface area contributed by atoms with Gasteiger partial charge in [-0.3, -0.25) is 9.59 Å². The Morgan fingerprint density at radius 3 is 2.55 bits per heavy atom. The van der Waals surface area contributed by atoms with Gasteiger partial charge in [0.15, 0.2) is 11.4 Å². The van der Waals surface area contributed by atoms with Crippen molar-refractivity contribution in [2.24, 2.45) is 11.8 Å². The van der Waals surface area contributed by atoms with Crippen molar-refractivity contribution in [1.82, 2.24) is 0 Å². The Hall–Kier alpha value is -1.20. The van der Waals surface area contributed by atoms with E-state index in [-0.39, 0.29) is 0 Å². The number of Topliss-reactive ketones (excluding diaryl/α,β-unsaturated/α-hetero) is 1. The first-order valence-corrected chi connectivity index (χ1v) is 11.5. The van der Waals surface area contributed by atoms with E-state index < -0.39 is 30.1 Å². The van der Waals surface area contributed by atoms with Crippen LogP contribution in [0.4, 0.5) is 0 Å². The predicted molar refractivity (Wildman–Crippen MR) is 115 cm³/mol. The van der Waals surface area contributed by atoms with Crippen LogP contribution in [0.3, 0.4) is 0 Å². The number of rotatable bonds is 15. The molecule has 29 heavy (non-hydrogen) atoms. The van der Waals surface area contributed by atoms with E-state index >= 15 is 0 Å². The number of aliphatic hydroxyl groups is 2. The normalized spacial score (nSPS) is 22.5. The van der Waals surface area contributed by atoms with Crippen molar-refractivity contribution in [2.75, 3.05) is 6.61 Å². The summed E-state index contributed by atoms with van der Waals surface area (Å²) in [6, 6.07) is 0. The molecule has 1 rings (SSSR count). The standard InChI is InChI=1S/C24H42O5/c1-4-5-6-7-8-9-13-21-15-12-16-22(21)14-10-11-17-23(27)24(28,19(2)25)18-29-20(3)26/h9,13,21-23,27-28H,4-8,10-12,14-18H2,1-3H3/t21-,22-,23?,24?/m0/s1. The van der Waals surface area contributed by atoms with Crippen LogP contribution >= 0.6 is 0 Å². The van der Waals surface area contributed by atoms with Gasteiger partial charge in [0.2, 0.25) is 0 Å². The zero-order chi connectivity index (χ0) is 21.7. The summed E-state index contributed by atoms with van der Waals surface area (Å²) >= 11 is 0. The lowest BCUT2D eigenvalue weighted by Crippen LogP contribution is -2.52. The van der Waals surface area contributed by atoms with Crippen molar-refractivity contribution < 1.29 is 24.5 Å². The van der Waals surface area contributed by atoms with E-state index in [1.165, 1.54) is 65.2 Å². The van der Waals surface area contributed by atoms with Crippen LogP contribution in [-0.4, -0.2) is 40.3 Å². The van der Waals surface area contributed by atoms with Crippen LogP contribution in [0, 0.1) is 11.8 Å². The number of hydrogen-bond donors (Lipinski definition) is 2. The van der Waals surface area contributed by atoms with E-state index in [1.807, 2.05) is 0 Å². The maximum absolute atomic E-state index is 11.8. The number of ether oxygens (including phenoxy) is 1. The molecule has 0 spiro atoms. The maximum Gasteiger partial charge on any atom is 0.302 e. The minimum Gasteiger partial charge on any atom is -0.462 e. The zero-order valence-electron chi connectivity index (χ0n) is 18.7. The fourth-order valence-corrected chi connectivity index (χ4v) is 4.26. The Balaban J connectivity index is 2.35. The molecule has 168 valence electrons. The Morgan fingerprint density at radius 2 is 1.90 bits per heavy atom. The molecule has 0 aliphatic heterocycles. The van der Waals surface area contributed by atoms with Crippen molar-refractivity contribution in [1.29, 1.82) is 0 Å². The summed E-state index contributed by atoms with van der Waals surface area (Å²) in [7, 11) is 0. The number of hydrogen-bond acceptors (Lipinski definition) is 5. The second-order valence-electron chi connectivity index (χ2n) is 8.69. The predicted octanol–water partition coefficient (Wildman–Crippen LogP) is 4.73. The molecule has 1 aliphatic rings. The van der Waals surface area contributed by atoms with Gasteiger partial charge in [0.05, 0.1) is 6.10 Å². The van der Waals surface area contributed by atoms with Crippen LogP contribution < -0.4 is 0 Å². The number of carbonyl (C=O) groups excluding carboxylic acids is 2. The summed E-state index contributed by atoms with van der Waals surface area (Å²) < 4.78 is 4.78. The molecule has 0 aromatic carbocycles. The van der Waals surface area contributed by atoms with Gasteiger partial charge in [0.1, 0.15) is 6.61 Å². The van der Waals surface area contributed by atoms with E-state index in [0.717, 1.165) is 19.3 Å². The first-order chi connectivity index (χ1) is 13.8. The van der Waals surface area contributed by atoms with Crippen LogP contribution in [0.15, 0.2) is 12.2 Å². The summed E-state index contributed by atoms with van der Waals surface area (Å²) in [6.45, 7) is 4.17. The Bertz CT molecular complexity index is 515. The number of carbonyl (C=O) groups is 2. The molecule has 0 bridgehead atoms. The highest BCUT2D eigenvalue weighted by Crippen LogP contribution is 2.36. The number of allylic oxidation sites excluding steroid dienone is 2. The lowest BCUT2D eigenvalue weighted by molar-refractivity contribution is -0.168. The minimum atomic E-state index is -2.01. The van der Waals surface area contributed by atoms with Crippen LogP contribution in [0.25, 0.3) is 0 Å². The Kier molecular flexibility index (Phi) is 12.4. The fourth-order valence-electron chi connectivity index (χ4n) is 4.26. The molecule has 5 heteroatoms. The van der Waals surface area contributed by atoms with E-state index in [0.29, 0.717) is 18.3 Å². The third kappa shape index (κ3) is 9.43. The second kappa shape index (κ2) is 13.9. The van der Waals surface area contributed by atoms with E-state index in [9.17, 15) is 19.8 Å². The summed E-state index contributed by atoms with van der Waals surface area (Å²) in [5.74, 6) is 0.213.